The minimum absolute atomic E-state index is 0.0289. The minimum atomic E-state index is -0.0685. The van der Waals surface area contributed by atoms with Gasteiger partial charge in [-0.1, -0.05) is 34.6 Å². The van der Waals surface area contributed by atoms with Crippen LogP contribution >= 0.6 is 0 Å². The maximum absolute atomic E-state index is 12.4. The van der Waals surface area contributed by atoms with E-state index in [0.29, 0.717) is 17.9 Å². The first kappa shape index (κ1) is 17.3. The number of hydrogen-bond acceptors (Lipinski definition) is 3. The Morgan fingerprint density at radius 3 is 2.12 bits per heavy atom. The number of carbonyl (C=O) groups is 1. The van der Waals surface area contributed by atoms with Gasteiger partial charge >= 0.3 is 0 Å². The molecule has 3 fully saturated rings. The normalized spacial score (nSPS) is 28.5. The summed E-state index contributed by atoms with van der Waals surface area (Å²) < 4.78 is 0. The molecular formula is C21H30O3. The van der Waals surface area contributed by atoms with Crippen LogP contribution in [0, 0.1) is 17.3 Å². The number of phenolic OH excluding ortho intramolecular Hbond substituents is 2. The predicted molar refractivity (Wildman–Crippen MR) is 95.4 cm³/mol. The summed E-state index contributed by atoms with van der Waals surface area (Å²) in [7, 11) is 0. The van der Waals surface area contributed by atoms with Crippen molar-refractivity contribution in [2.24, 2.45) is 17.3 Å². The van der Waals surface area contributed by atoms with Crippen molar-refractivity contribution < 1.29 is 15.0 Å². The van der Waals surface area contributed by atoms with Crippen LogP contribution in [0.25, 0.3) is 0 Å². The lowest BCUT2D eigenvalue weighted by atomic mass is 9.44. The van der Waals surface area contributed by atoms with Crippen molar-refractivity contribution in [1.82, 2.24) is 0 Å². The average Bonchev–Trinajstić information content (AvgIpc) is 2.52. The molecule has 0 amide bonds. The highest BCUT2D eigenvalue weighted by molar-refractivity contribution is 5.86. The Morgan fingerprint density at radius 1 is 1.17 bits per heavy atom. The molecule has 0 unspecified atom stereocenters. The van der Waals surface area contributed by atoms with Crippen LogP contribution in [0.15, 0.2) is 12.1 Å². The van der Waals surface area contributed by atoms with E-state index < -0.39 is 0 Å². The van der Waals surface area contributed by atoms with E-state index in [1.165, 1.54) is 0 Å². The molecule has 2 bridgehead atoms. The van der Waals surface area contributed by atoms with Crippen molar-refractivity contribution in [2.75, 3.05) is 0 Å². The largest absolute Gasteiger partial charge is 0.508 e. The molecule has 3 atom stereocenters. The zero-order valence-electron chi connectivity index (χ0n) is 15.5. The third kappa shape index (κ3) is 2.28. The second-order valence-electron chi connectivity index (χ2n) is 8.69. The molecule has 2 N–H and O–H groups in total. The van der Waals surface area contributed by atoms with Crippen LogP contribution in [0.3, 0.4) is 0 Å². The van der Waals surface area contributed by atoms with Crippen molar-refractivity contribution in [3.8, 4) is 11.5 Å². The van der Waals surface area contributed by atoms with Gasteiger partial charge in [0.1, 0.15) is 17.3 Å². The first-order valence-corrected chi connectivity index (χ1v) is 9.24. The van der Waals surface area contributed by atoms with Crippen molar-refractivity contribution >= 4 is 5.78 Å². The molecule has 1 aromatic carbocycles. The van der Waals surface area contributed by atoms with Gasteiger partial charge in [-0.15, -0.1) is 0 Å². The summed E-state index contributed by atoms with van der Waals surface area (Å²) in [6, 6.07) is 3.62. The monoisotopic (exact) mass is 330 g/mol. The van der Waals surface area contributed by atoms with Gasteiger partial charge in [-0.05, 0) is 53.7 Å². The molecule has 0 aliphatic heterocycles. The topological polar surface area (TPSA) is 57.5 Å². The van der Waals surface area contributed by atoms with Crippen LogP contribution in [0.2, 0.25) is 0 Å². The van der Waals surface area contributed by atoms with Gasteiger partial charge in [0.2, 0.25) is 0 Å². The maximum atomic E-state index is 12.4. The van der Waals surface area contributed by atoms with Crippen LogP contribution in [0.1, 0.15) is 77.3 Å². The lowest BCUT2D eigenvalue weighted by Crippen LogP contribution is -2.56. The second kappa shape index (κ2) is 5.50. The first-order valence-electron chi connectivity index (χ1n) is 9.24. The maximum Gasteiger partial charge on any atom is 0.137 e. The van der Waals surface area contributed by atoms with Crippen LogP contribution in [0.5, 0.6) is 11.5 Å². The smallest absolute Gasteiger partial charge is 0.137 e. The Kier molecular flexibility index (Phi) is 3.97. The molecule has 3 nitrogen and oxygen atoms in total. The van der Waals surface area contributed by atoms with Crippen LogP contribution in [0.4, 0.5) is 0 Å². The Balaban J connectivity index is 2.03. The quantitative estimate of drug-likeness (QED) is 0.826. The summed E-state index contributed by atoms with van der Waals surface area (Å²) in [5, 5.41) is 21.4. The fourth-order valence-electron chi connectivity index (χ4n) is 5.00. The lowest BCUT2D eigenvalue weighted by Gasteiger charge is -2.59. The van der Waals surface area contributed by atoms with Gasteiger partial charge in [0.05, 0.1) is 0 Å². The number of rotatable bonds is 4. The zero-order chi connectivity index (χ0) is 17.9. The predicted octanol–water partition coefficient (Wildman–Crippen LogP) is 4.89. The highest BCUT2D eigenvalue weighted by atomic mass is 16.3. The number of phenols is 2. The van der Waals surface area contributed by atoms with E-state index in [4.69, 9.17) is 0 Å². The average molecular weight is 330 g/mol. The molecule has 4 rings (SSSR count). The molecule has 3 saturated carbocycles. The fourth-order valence-corrected chi connectivity index (χ4v) is 5.00. The van der Waals surface area contributed by atoms with E-state index in [-0.39, 0.29) is 39.9 Å². The third-order valence-electron chi connectivity index (χ3n) is 7.40. The number of ketones is 1. The van der Waals surface area contributed by atoms with E-state index >= 15 is 0 Å². The van der Waals surface area contributed by atoms with Gasteiger partial charge in [-0.3, -0.25) is 4.79 Å². The summed E-state index contributed by atoms with van der Waals surface area (Å²) in [5.41, 5.74) is 1.47. The van der Waals surface area contributed by atoms with E-state index in [2.05, 4.69) is 34.6 Å². The molecule has 0 aromatic heterocycles. The molecule has 3 heteroatoms. The van der Waals surface area contributed by atoms with E-state index in [1.807, 2.05) is 12.1 Å². The zero-order valence-corrected chi connectivity index (χ0v) is 15.5. The molecule has 1 aromatic rings. The SMILES string of the molecule is CCC(C)(CC)c1cc(O)c([C@H]2CC(=O)[C@@H]3C[C@H]2C3(C)C)c(O)c1. The van der Waals surface area contributed by atoms with Crippen molar-refractivity contribution in [3.05, 3.63) is 23.3 Å². The number of Topliss-reactive ketones (excluding diaryl/α,β-unsaturated/α-hetero) is 1. The molecular weight excluding hydrogens is 300 g/mol. The molecule has 0 spiro atoms. The minimum Gasteiger partial charge on any atom is -0.508 e. The molecule has 132 valence electrons. The van der Waals surface area contributed by atoms with Crippen molar-refractivity contribution in [1.29, 1.82) is 0 Å². The highest BCUT2D eigenvalue weighted by Crippen LogP contribution is 2.64. The van der Waals surface area contributed by atoms with Gasteiger partial charge in [0.25, 0.3) is 0 Å². The Morgan fingerprint density at radius 2 is 1.71 bits per heavy atom. The number of carbonyl (C=O) groups excluding carboxylic acids is 1. The number of benzene rings is 1. The summed E-state index contributed by atoms with van der Waals surface area (Å²) in [6.07, 6.45) is 3.22. The summed E-state index contributed by atoms with van der Waals surface area (Å²) >= 11 is 0. The van der Waals surface area contributed by atoms with Crippen molar-refractivity contribution in [2.45, 2.75) is 71.6 Å². The lowest BCUT2D eigenvalue weighted by molar-refractivity contribution is -0.151. The number of aromatic hydroxyl groups is 2. The number of hydrogen-bond donors (Lipinski definition) is 2. The molecule has 24 heavy (non-hydrogen) atoms. The Hall–Kier alpha value is -1.51. The van der Waals surface area contributed by atoms with E-state index in [0.717, 1.165) is 24.8 Å². The highest BCUT2D eigenvalue weighted by Gasteiger charge is 2.59. The van der Waals surface area contributed by atoms with Crippen LogP contribution in [-0.2, 0) is 10.2 Å². The molecule has 0 saturated heterocycles. The second-order valence-corrected chi connectivity index (χ2v) is 8.69. The van der Waals surface area contributed by atoms with Gasteiger partial charge in [-0.25, -0.2) is 0 Å². The molecule has 3 aliphatic rings. The van der Waals surface area contributed by atoms with Crippen molar-refractivity contribution in [3.63, 3.8) is 0 Å². The molecule has 0 heterocycles. The van der Waals surface area contributed by atoms with Crippen LogP contribution < -0.4 is 0 Å². The molecule has 3 aliphatic carbocycles. The summed E-state index contributed by atoms with van der Waals surface area (Å²) in [5.74, 6) is 1.02. The standard InChI is InChI=1S/C21H30O3/c1-6-21(5,7-2)12-8-17(23)19(18(24)9-12)13-10-16(22)15-11-14(13)20(15,3)4/h8-9,13-15,23-24H,6-7,10-11H2,1-5H3/t13-,14+,15-/m0/s1. The van der Waals surface area contributed by atoms with E-state index in [9.17, 15) is 15.0 Å². The summed E-state index contributed by atoms with van der Waals surface area (Å²) in [6.45, 7) is 10.7. The number of fused-ring (bicyclic) bond motifs is 2. The fraction of sp³-hybridized carbons (Fsp3) is 0.667. The first-order chi connectivity index (χ1) is 11.2. The Labute approximate surface area is 145 Å². The van der Waals surface area contributed by atoms with E-state index in [1.54, 1.807) is 0 Å². The molecule has 0 radical (unpaired) electrons. The Bertz CT molecular complexity index is 647. The van der Waals surface area contributed by atoms with Gasteiger partial charge in [0, 0.05) is 23.8 Å². The van der Waals surface area contributed by atoms with Crippen LogP contribution in [-0.4, -0.2) is 16.0 Å². The third-order valence-corrected chi connectivity index (χ3v) is 7.40. The van der Waals surface area contributed by atoms with Gasteiger partial charge < -0.3 is 10.2 Å². The van der Waals surface area contributed by atoms with Gasteiger partial charge in [0.15, 0.2) is 0 Å². The van der Waals surface area contributed by atoms with Gasteiger partial charge in [-0.2, -0.15) is 0 Å². The summed E-state index contributed by atoms with van der Waals surface area (Å²) in [4.78, 5) is 12.4.